The van der Waals surface area contributed by atoms with Crippen LogP contribution in [0.3, 0.4) is 0 Å². The minimum atomic E-state index is -0.238. The van der Waals surface area contributed by atoms with Gasteiger partial charge in [0, 0.05) is 5.41 Å². The van der Waals surface area contributed by atoms with Gasteiger partial charge in [-0.05, 0) is 49.2 Å². The summed E-state index contributed by atoms with van der Waals surface area (Å²) >= 11 is 0. The third-order valence-corrected chi connectivity index (χ3v) is 4.19. The standard InChI is InChI=1S/C19H22O2/c1-14(2)19(3,15-6-10-17(20-4)11-7-15)16-8-12-18(21-5)13-9-16/h6-13H,1H2,2-5H3. The van der Waals surface area contributed by atoms with Crippen LogP contribution < -0.4 is 9.47 Å². The number of ether oxygens (including phenoxy) is 2. The normalized spacial score (nSPS) is 11.0. The molecule has 2 aromatic carbocycles. The number of benzene rings is 2. The summed E-state index contributed by atoms with van der Waals surface area (Å²) in [6.45, 7) is 8.46. The third kappa shape index (κ3) is 2.80. The largest absolute Gasteiger partial charge is 0.497 e. The van der Waals surface area contributed by atoms with Crippen LogP contribution in [0.5, 0.6) is 11.5 Å². The summed E-state index contributed by atoms with van der Waals surface area (Å²) in [5.74, 6) is 1.72. The molecular weight excluding hydrogens is 260 g/mol. The van der Waals surface area contributed by atoms with Gasteiger partial charge in [0.15, 0.2) is 0 Å². The second kappa shape index (κ2) is 6.04. The molecule has 0 atom stereocenters. The van der Waals surface area contributed by atoms with E-state index in [4.69, 9.17) is 9.47 Å². The van der Waals surface area contributed by atoms with Gasteiger partial charge < -0.3 is 9.47 Å². The van der Waals surface area contributed by atoms with Crippen LogP contribution in [0.25, 0.3) is 0 Å². The smallest absolute Gasteiger partial charge is 0.118 e. The van der Waals surface area contributed by atoms with E-state index in [9.17, 15) is 0 Å². The van der Waals surface area contributed by atoms with E-state index in [2.05, 4.69) is 44.7 Å². The first-order valence-electron chi connectivity index (χ1n) is 6.97. The molecule has 0 radical (unpaired) electrons. The number of methoxy groups -OCH3 is 2. The average Bonchev–Trinajstić information content (AvgIpc) is 2.54. The molecule has 0 bridgehead atoms. The Morgan fingerprint density at radius 2 is 1.14 bits per heavy atom. The molecule has 2 aromatic rings. The van der Waals surface area contributed by atoms with E-state index in [0.29, 0.717) is 0 Å². The predicted molar refractivity (Wildman–Crippen MR) is 87.3 cm³/mol. The van der Waals surface area contributed by atoms with Crippen molar-refractivity contribution in [2.24, 2.45) is 0 Å². The van der Waals surface area contributed by atoms with E-state index >= 15 is 0 Å². The van der Waals surface area contributed by atoms with E-state index in [1.54, 1.807) is 14.2 Å². The first kappa shape index (κ1) is 15.2. The van der Waals surface area contributed by atoms with Crippen LogP contribution in [0.15, 0.2) is 60.7 Å². The fraction of sp³-hybridized carbons (Fsp3) is 0.263. The van der Waals surface area contributed by atoms with Crippen molar-refractivity contribution in [3.05, 3.63) is 71.8 Å². The highest BCUT2D eigenvalue weighted by Gasteiger charge is 2.29. The van der Waals surface area contributed by atoms with Gasteiger partial charge in [0.05, 0.1) is 14.2 Å². The molecule has 0 aliphatic heterocycles. The predicted octanol–water partition coefficient (Wildman–Crippen LogP) is 4.59. The van der Waals surface area contributed by atoms with Gasteiger partial charge in [-0.2, -0.15) is 0 Å². The molecule has 0 saturated heterocycles. The van der Waals surface area contributed by atoms with Crippen molar-refractivity contribution in [2.75, 3.05) is 14.2 Å². The highest BCUT2D eigenvalue weighted by atomic mass is 16.5. The van der Waals surface area contributed by atoms with Crippen LogP contribution >= 0.6 is 0 Å². The van der Waals surface area contributed by atoms with Gasteiger partial charge >= 0.3 is 0 Å². The van der Waals surface area contributed by atoms with E-state index in [-0.39, 0.29) is 5.41 Å². The van der Waals surface area contributed by atoms with Gasteiger partial charge in [-0.3, -0.25) is 0 Å². The second-order valence-corrected chi connectivity index (χ2v) is 5.36. The van der Waals surface area contributed by atoms with E-state index in [1.165, 1.54) is 11.1 Å². The molecule has 2 heteroatoms. The molecule has 0 N–H and O–H groups in total. The van der Waals surface area contributed by atoms with Gasteiger partial charge in [-0.15, -0.1) is 0 Å². The van der Waals surface area contributed by atoms with Crippen molar-refractivity contribution < 1.29 is 9.47 Å². The lowest BCUT2D eigenvalue weighted by Gasteiger charge is -2.32. The maximum absolute atomic E-state index is 5.24. The molecule has 0 spiro atoms. The molecule has 0 aliphatic rings. The number of allylic oxidation sites excluding steroid dienone is 1. The minimum absolute atomic E-state index is 0.238. The zero-order valence-electron chi connectivity index (χ0n) is 13.1. The van der Waals surface area contributed by atoms with Gasteiger partial charge in [-0.1, -0.05) is 36.4 Å². The summed E-state index contributed by atoms with van der Waals surface area (Å²) in [4.78, 5) is 0. The lowest BCUT2D eigenvalue weighted by atomic mass is 9.72. The Balaban J connectivity index is 2.50. The highest BCUT2D eigenvalue weighted by Crippen LogP contribution is 2.39. The second-order valence-electron chi connectivity index (χ2n) is 5.36. The fourth-order valence-electron chi connectivity index (χ4n) is 2.51. The molecule has 0 heterocycles. The van der Waals surface area contributed by atoms with Crippen molar-refractivity contribution >= 4 is 0 Å². The summed E-state index contributed by atoms with van der Waals surface area (Å²) in [6.07, 6.45) is 0. The van der Waals surface area contributed by atoms with Crippen LogP contribution in [0.4, 0.5) is 0 Å². The first-order chi connectivity index (χ1) is 10.0. The third-order valence-electron chi connectivity index (χ3n) is 4.19. The zero-order valence-corrected chi connectivity index (χ0v) is 13.1. The Kier molecular flexibility index (Phi) is 4.37. The first-order valence-corrected chi connectivity index (χ1v) is 6.97. The fourth-order valence-corrected chi connectivity index (χ4v) is 2.51. The van der Waals surface area contributed by atoms with Crippen molar-refractivity contribution in [1.82, 2.24) is 0 Å². The van der Waals surface area contributed by atoms with Crippen LogP contribution in [0.1, 0.15) is 25.0 Å². The number of hydrogen-bond acceptors (Lipinski definition) is 2. The molecule has 0 aliphatic carbocycles. The molecule has 21 heavy (non-hydrogen) atoms. The molecule has 0 fully saturated rings. The molecule has 0 aromatic heterocycles. The Bertz CT molecular complexity index is 562. The summed E-state index contributed by atoms with van der Waals surface area (Å²) in [5.41, 5.74) is 3.25. The highest BCUT2D eigenvalue weighted by molar-refractivity contribution is 5.48. The molecule has 2 nitrogen and oxygen atoms in total. The summed E-state index contributed by atoms with van der Waals surface area (Å²) in [6, 6.07) is 16.3. The summed E-state index contributed by atoms with van der Waals surface area (Å²) in [5, 5.41) is 0. The topological polar surface area (TPSA) is 18.5 Å². The zero-order chi connectivity index (χ0) is 15.5. The molecule has 0 unspecified atom stereocenters. The SMILES string of the molecule is C=C(C)C(C)(c1ccc(OC)cc1)c1ccc(OC)cc1. The maximum atomic E-state index is 5.24. The molecular formula is C19H22O2. The lowest BCUT2D eigenvalue weighted by molar-refractivity contribution is 0.414. The van der Waals surface area contributed by atoms with E-state index in [1.807, 2.05) is 24.3 Å². The van der Waals surface area contributed by atoms with Gasteiger partial charge in [-0.25, -0.2) is 0 Å². The Labute approximate surface area is 127 Å². The van der Waals surface area contributed by atoms with Gasteiger partial charge in [0.25, 0.3) is 0 Å². The molecule has 0 saturated carbocycles. The lowest BCUT2D eigenvalue weighted by Crippen LogP contribution is -2.24. The van der Waals surface area contributed by atoms with Crippen molar-refractivity contribution in [1.29, 1.82) is 0 Å². The molecule has 110 valence electrons. The molecule has 2 rings (SSSR count). The van der Waals surface area contributed by atoms with Crippen LogP contribution in [-0.4, -0.2) is 14.2 Å². The monoisotopic (exact) mass is 282 g/mol. The summed E-state index contributed by atoms with van der Waals surface area (Å²) < 4.78 is 10.5. The maximum Gasteiger partial charge on any atom is 0.118 e. The van der Waals surface area contributed by atoms with Crippen LogP contribution in [0.2, 0.25) is 0 Å². The number of hydrogen-bond donors (Lipinski definition) is 0. The quantitative estimate of drug-likeness (QED) is 0.747. The Morgan fingerprint density at radius 3 is 1.38 bits per heavy atom. The Hall–Kier alpha value is -2.22. The van der Waals surface area contributed by atoms with Crippen molar-refractivity contribution in [2.45, 2.75) is 19.3 Å². The van der Waals surface area contributed by atoms with E-state index < -0.39 is 0 Å². The Morgan fingerprint density at radius 1 is 0.810 bits per heavy atom. The van der Waals surface area contributed by atoms with Crippen molar-refractivity contribution in [3.8, 4) is 11.5 Å². The molecule has 0 amide bonds. The van der Waals surface area contributed by atoms with Gasteiger partial charge in [0.2, 0.25) is 0 Å². The summed E-state index contributed by atoms with van der Waals surface area (Å²) in [7, 11) is 3.35. The number of rotatable bonds is 5. The van der Waals surface area contributed by atoms with Crippen LogP contribution in [-0.2, 0) is 5.41 Å². The van der Waals surface area contributed by atoms with Crippen molar-refractivity contribution in [3.63, 3.8) is 0 Å². The minimum Gasteiger partial charge on any atom is -0.497 e. The van der Waals surface area contributed by atoms with E-state index in [0.717, 1.165) is 17.1 Å². The van der Waals surface area contributed by atoms with Gasteiger partial charge in [0.1, 0.15) is 11.5 Å². The van der Waals surface area contributed by atoms with Crippen LogP contribution in [0, 0.1) is 0 Å². The average molecular weight is 282 g/mol.